The lowest BCUT2D eigenvalue weighted by Crippen LogP contribution is -2.28. The largest absolute Gasteiger partial charge is 0.314 e. The average Bonchev–Trinajstić information content (AvgIpc) is 2.65. The smallest absolute Gasteiger partial charge is 0.00697 e. The van der Waals surface area contributed by atoms with Gasteiger partial charge in [0.25, 0.3) is 0 Å². The van der Waals surface area contributed by atoms with Gasteiger partial charge in [0.1, 0.15) is 0 Å². The van der Waals surface area contributed by atoms with Gasteiger partial charge in [-0.2, -0.15) is 0 Å². The van der Waals surface area contributed by atoms with Crippen LogP contribution in [0.25, 0.3) is 0 Å². The lowest BCUT2D eigenvalue weighted by Gasteiger charge is -2.35. The van der Waals surface area contributed by atoms with Crippen molar-refractivity contribution in [2.24, 2.45) is 23.7 Å². The highest BCUT2D eigenvalue weighted by Gasteiger charge is 2.34. The van der Waals surface area contributed by atoms with Crippen molar-refractivity contribution in [2.45, 2.75) is 65.3 Å². The van der Waals surface area contributed by atoms with E-state index < -0.39 is 0 Å². The number of rotatable bonds is 3. The maximum absolute atomic E-state index is 3.64. The Morgan fingerprint density at radius 2 is 1.56 bits per heavy atom. The Morgan fingerprint density at radius 3 is 2.19 bits per heavy atom. The van der Waals surface area contributed by atoms with Crippen LogP contribution in [0.3, 0.4) is 0 Å². The van der Waals surface area contributed by atoms with E-state index in [4.69, 9.17) is 0 Å². The maximum atomic E-state index is 3.64. The third-order valence-corrected chi connectivity index (χ3v) is 4.85. The molecule has 94 valence electrons. The molecule has 0 heterocycles. The lowest BCUT2D eigenvalue weighted by atomic mass is 9.71. The summed E-state index contributed by atoms with van der Waals surface area (Å²) in [4.78, 5) is 0. The van der Waals surface area contributed by atoms with Crippen molar-refractivity contribution in [3.05, 3.63) is 0 Å². The lowest BCUT2D eigenvalue weighted by molar-refractivity contribution is 0.160. The molecule has 2 fully saturated rings. The van der Waals surface area contributed by atoms with E-state index in [9.17, 15) is 0 Å². The zero-order valence-electron chi connectivity index (χ0n) is 11.3. The highest BCUT2D eigenvalue weighted by Crippen LogP contribution is 2.42. The topological polar surface area (TPSA) is 12.0 Å². The van der Waals surface area contributed by atoms with Gasteiger partial charge in [0.05, 0.1) is 0 Å². The second-order valence-corrected chi connectivity index (χ2v) is 6.51. The van der Waals surface area contributed by atoms with Gasteiger partial charge in [-0.15, -0.1) is 0 Å². The molecular weight excluding hydrogens is 194 g/mol. The predicted molar refractivity (Wildman–Crippen MR) is 70.5 cm³/mol. The molecule has 0 aromatic carbocycles. The average molecular weight is 223 g/mol. The van der Waals surface area contributed by atoms with Gasteiger partial charge in [-0.05, 0) is 68.7 Å². The molecule has 4 atom stereocenters. The molecule has 0 bridgehead atoms. The first-order valence-electron chi connectivity index (χ1n) is 7.42. The molecule has 1 N–H and O–H groups in total. The molecule has 1 heteroatoms. The van der Waals surface area contributed by atoms with E-state index in [1.807, 2.05) is 0 Å². The summed E-state index contributed by atoms with van der Waals surface area (Å²) >= 11 is 0. The molecular formula is C15H29N. The van der Waals surface area contributed by atoms with Crippen molar-refractivity contribution in [1.29, 1.82) is 0 Å². The summed E-state index contributed by atoms with van der Waals surface area (Å²) in [5, 5.41) is 3.64. The van der Waals surface area contributed by atoms with Gasteiger partial charge in [0, 0.05) is 6.04 Å². The van der Waals surface area contributed by atoms with Gasteiger partial charge in [0.15, 0.2) is 0 Å². The van der Waals surface area contributed by atoms with Crippen molar-refractivity contribution in [2.75, 3.05) is 6.54 Å². The Labute approximate surface area is 101 Å². The Bertz CT molecular complexity index is 203. The fourth-order valence-electron chi connectivity index (χ4n) is 4.31. The van der Waals surface area contributed by atoms with E-state index in [1.54, 1.807) is 0 Å². The van der Waals surface area contributed by atoms with Crippen molar-refractivity contribution >= 4 is 0 Å². The molecule has 2 rings (SSSR count). The molecule has 0 aromatic rings. The summed E-state index contributed by atoms with van der Waals surface area (Å²) in [6.07, 6.45) is 8.86. The molecule has 16 heavy (non-hydrogen) atoms. The van der Waals surface area contributed by atoms with Crippen LogP contribution in [-0.4, -0.2) is 12.6 Å². The SMILES string of the molecule is CCNC1CCC(C2CC(C)CC(C)C2)C1. The predicted octanol–water partition coefficient (Wildman–Crippen LogP) is 3.84. The number of hydrogen-bond acceptors (Lipinski definition) is 1. The van der Waals surface area contributed by atoms with Crippen molar-refractivity contribution in [3.8, 4) is 0 Å². The molecule has 0 amide bonds. The molecule has 2 aliphatic rings. The zero-order chi connectivity index (χ0) is 11.5. The fraction of sp³-hybridized carbons (Fsp3) is 1.00. The Hall–Kier alpha value is -0.0400. The van der Waals surface area contributed by atoms with Crippen molar-refractivity contribution < 1.29 is 0 Å². The normalized spacial score (nSPS) is 44.8. The van der Waals surface area contributed by atoms with Gasteiger partial charge >= 0.3 is 0 Å². The molecule has 4 unspecified atom stereocenters. The van der Waals surface area contributed by atoms with Crippen LogP contribution in [0.4, 0.5) is 0 Å². The van der Waals surface area contributed by atoms with Crippen LogP contribution in [0.15, 0.2) is 0 Å². The van der Waals surface area contributed by atoms with Crippen molar-refractivity contribution in [3.63, 3.8) is 0 Å². The van der Waals surface area contributed by atoms with Crippen molar-refractivity contribution in [1.82, 2.24) is 5.32 Å². The summed E-state index contributed by atoms with van der Waals surface area (Å²) in [5.41, 5.74) is 0. The van der Waals surface area contributed by atoms with Gasteiger partial charge < -0.3 is 5.32 Å². The van der Waals surface area contributed by atoms with Gasteiger partial charge in [-0.3, -0.25) is 0 Å². The fourth-order valence-corrected chi connectivity index (χ4v) is 4.31. The summed E-state index contributed by atoms with van der Waals surface area (Å²) in [6, 6.07) is 0.836. The van der Waals surface area contributed by atoms with Gasteiger partial charge in [-0.25, -0.2) is 0 Å². The minimum Gasteiger partial charge on any atom is -0.314 e. The van der Waals surface area contributed by atoms with E-state index in [-0.39, 0.29) is 0 Å². The molecule has 2 saturated carbocycles. The van der Waals surface area contributed by atoms with E-state index >= 15 is 0 Å². The third kappa shape index (κ3) is 3.00. The summed E-state index contributed by atoms with van der Waals surface area (Å²) < 4.78 is 0. The molecule has 0 spiro atoms. The van der Waals surface area contributed by atoms with Crippen LogP contribution in [-0.2, 0) is 0 Å². The summed E-state index contributed by atoms with van der Waals surface area (Å²) in [7, 11) is 0. The molecule has 0 aliphatic heterocycles. The Kier molecular flexibility index (Phi) is 4.29. The molecule has 2 aliphatic carbocycles. The van der Waals surface area contributed by atoms with Crippen LogP contribution in [0.1, 0.15) is 59.3 Å². The molecule has 1 nitrogen and oxygen atoms in total. The van der Waals surface area contributed by atoms with E-state index in [2.05, 4.69) is 26.1 Å². The quantitative estimate of drug-likeness (QED) is 0.766. The van der Waals surface area contributed by atoms with Gasteiger partial charge in [0.2, 0.25) is 0 Å². The summed E-state index contributed by atoms with van der Waals surface area (Å²) in [5.74, 6) is 4.04. The molecule has 0 aromatic heterocycles. The van der Waals surface area contributed by atoms with Crippen LogP contribution >= 0.6 is 0 Å². The standard InChI is InChI=1S/C15H29N/c1-4-16-15-6-5-13(10-15)14-8-11(2)7-12(3)9-14/h11-16H,4-10H2,1-3H3. The highest BCUT2D eigenvalue weighted by atomic mass is 14.9. The minimum absolute atomic E-state index is 0.836. The first-order chi connectivity index (χ1) is 7.69. The van der Waals surface area contributed by atoms with E-state index in [1.165, 1.54) is 38.5 Å². The number of hydrogen-bond donors (Lipinski definition) is 1. The zero-order valence-corrected chi connectivity index (χ0v) is 11.3. The first kappa shape index (κ1) is 12.4. The number of nitrogens with one attached hydrogen (secondary N) is 1. The Morgan fingerprint density at radius 1 is 0.875 bits per heavy atom. The maximum Gasteiger partial charge on any atom is 0.00697 e. The summed E-state index contributed by atoms with van der Waals surface area (Å²) in [6.45, 7) is 8.30. The van der Waals surface area contributed by atoms with E-state index in [0.29, 0.717) is 0 Å². The van der Waals surface area contributed by atoms with Crippen LogP contribution < -0.4 is 5.32 Å². The monoisotopic (exact) mass is 223 g/mol. The van der Waals surface area contributed by atoms with Crippen LogP contribution in [0, 0.1) is 23.7 Å². The minimum atomic E-state index is 0.836. The highest BCUT2D eigenvalue weighted by molar-refractivity contribution is 4.87. The van der Waals surface area contributed by atoms with Crippen LogP contribution in [0.5, 0.6) is 0 Å². The molecule has 0 radical (unpaired) electrons. The Balaban J connectivity index is 1.84. The van der Waals surface area contributed by atoms with Crippen LogP contribution in [0.2, 0.25) is 0 Å². The second kappa shape index (κ2) is 5.53. The second-order valence-electron chi connectivity index (χ2n) is 6.51. The van der Waals surface area contributed by atoms with Gasteiger partial charge in [-0.1, -0.05) is 20.8 Å². The van der Waals surface area contributed by atoms with E-state index in [0.717, 1.165) is 36.3 Å². The molecule has 0 saturated heterocycles. The third-order valence-electron chi connectivity index (χ3n) is 4.85. The first-order valence-corrected chi connectivity index (χ1v) is 7.42.